The van der Waals surface area contributed by atoms with Crippen LogP contribution in [0.15, 0.2) is 29.2 Å². The van der Waals surface area contributed by atoms with E-state index < -0.39 is 33.6 Å². The van der Waals surface area contributed by atoms with Crippen LogP contribution in [-0.2, 0) is 19.6 Å². The first kappa shape index (κ1) is 13.5. The minimum Gasteiger partial charge on any atom is -0.507 e. The smallest absolute Gasteiger partial charge is 0.244 e. The second kappa shape index (κ2) is 4.98. The van der Waals surface area contributed by atoms with Crippen molar-refractivity contribution in [2.45, 2.75) is 23.8 Å². The number of hydrogen-bond donors (Lipinski definition) is 3. The van der Waals surface area contributed by atoms with Crippen LogP contribution < -0.4 is 10.0 Å². The molecule has 1 saturated heterocycles. The fraction of sp³-hybridized carbons (Fsp3) is 0.273. The van der Waals surface area contributed by atoms with Gasteiger partial charge in [-0.15, -0.1) is 0 Å². The number of phenolic OH excluding ortho intramolecular Hbond substituents is 1. The Balaban J connectivity index is 2.21. The number of rotatable bonds is 3. The second-order valence-electron chi connectivity index (χ2n) is 4.09. The van der Waals surface area contributed by atoms with Crippen LogP contribution in [0.1, 0.15) is 12.8 Å². The Hall–Kier alpha value is -1.93. The van der Waals surface area contributed by atoms with Crippen LogP contribution in [0.5, 0.6) is 5.75 Å². The summed E-state index contributed by atoms with van der Waals surface area (Å²) in [6.07, 6.45) is 0.164. The summed E-state index contributed by atoms with van der Waals surface area (Å²) in [4.78, 5) is 22.1. The Labute approximate surface area is 109 Å². The van der Waals surface area contributed by atoms with E-state index in [1.165, 1.54) is 24.3 Å². The number of aromatic hydroxyl groups is 1. The molecule has 3 N–H and O–H groups in total. The zero-order chi connectivity index (χ0) is 14.0. The average molecular weight is 284 g/mol. The van der Waals surface area contributed by atoms with Crippen LogP contribution in [0, 0.1) is 0 Å². The Morgan fingerprint density at radius 1 is 1.26 bits per heavy atom. The lowest BCUT2D eigenvalue weighted by molar-refractivity contribution is -0.134. The molecule has 0 aliphatic carbocycles. The highest BCUT2D eigenvalue weighted by Crippen LogP contribution is 2.22. The van der Waals surface area contributed by atoms with Gasteiger partial charge in [0.2, 0.25) is 21.8 Å². The number of amides is 2. The third kappa shape index (κ3) is 2.91. The maximum absolute atomic E-state index is 12.0. The molecular formula is C11H12N2O5S. The summed E-state index contributed by atoms with van der Waals surface area (Å²) < 4.78 is 26.2. The number of benzene rings is 1. The molecule has 1 fully saturated rings. The number of phenols is 1. The van der Waals surface area contributed by atoms with Crippen molar-refractivity contribution in [3.8, 4) is 5.75 Å². The van der Waals surface area contributed by atoms with Gasteiger partial charge in [-0.05, 0) is 18.6 Å². The van der Waals surface area contributed by atoms with Crippen LogP contribution in [0.25, 0.3) is 0 Å². The van der Waals surface area contributed by atoms with Crippen molar-refractivity contribution in [3.05, 3.63) is 24.3 Å². The van der Waals surface area contributed by atoms with Crippen molar-refractivity contribution < 1.29 is 23.1 Å². The quantitative estimate of drug-likeness (QED) is 0.646. The highest BCUT2D eigenvalue weighted by atomic mass is 32.2. The van der Waals surface area contributed by atoms with Crippen LogP contribution in [0.2, 0.25) is 0 Å². The molecular weight excluding hydrogens is 272 g/mol. The minimum atomic E-state index is -4.01. The summed E-state index contributed by atoms with van der Waals surface area (Å²) in [5, 5.41) is 11.6. The number of imide groups is 1. The van der Waals surface area contributed by atoms with Crippen molar-refractivity contribution in [3.63, 3.8) is 0 Å². The molecule has 1 aromatic carbocycles. The molecule has 2 amide bonds. The minimum absolute atomic E-state index is 0.0691. The number of nitrogens with one attached hydrogen (secondary N) is 2. The topological polar surface area (TPSA) is 113 Å². The number of piperidine rings is 1. The molecule has 19 heavy (non-hydrogen) atoms. The Morgan fingerprint density at radius 3 is 2.58 bits per heavy atom. The lowest BCUT2D eigenvalue weighted by Crippen LogP contribution is -2.52. The van der Waals surface area contributed by atoms with E-state index in [9.17, 15) is 23.1 Å². The van der Waals surface area contributed by atoms with Gasteiger partial charge < -0.3 is 5.11 Å². The molecule has 1 aliphatic rings. The maximum Gasteiger partial charge on any atom is 0.244 e. The predicted molar refractivity (Wildman–Crippen MR) is 64.6 cm³/mol. The molecule has 0 spiro atoms. The van der Waals surface area contributed by atoms with Crippen molar-refractivity contribution in [2.24, 2.45) is 0 Å². The molecule has 0 bridgehead atoms. The highest BCUT2D eigenvalue weighted by molar-refractivity contribution is 7.89. The Kier molecular flexibility index (Phi) is 3.54. The van der Waals surface area contributed by atoms with Crippen LogP contribution in [-0.4, -0.2) is 31.4 Å². The summed E-state index contributed by atoms with van der Waals surface area (Å²) in [5.41, 5.74) is 0. The molecule has 2 rings (SSSR count). The molecule has 0 saturated carbocycles. The van der Waals surface area contributed by atoms with Crippen molar-refractivity contribution in [2.75, 3.05) is 0 Å². The molecule has 0 radical (unpaired) electrons. The lowest BCUT2D eigenvalue weighted by Gasteiger charge is -2.21. The van der Waals surface area contributed by atoms with E-state index >= 15 is 0 Å². The van der Waals surface area contributed by atoms with Crippen molar-refractivity contribution in [1.82, 2.24) is 10.0 Å². The number of hydrogen-bond acceptors (Lipinski definition) is 5. The number of carbonyl (C=O) groups is 2. The Morgan fingerprint density at radius 2 is 1.95 bits per heavy atom. The third-order valence-electron chi connectivity index (χ3n) is 2.69. The van der Waals surface area contributed by atoms with Crippen LogP contribution in [0.3, 0.4) is 0 Å². The first-order valence-electron chi connectivity index (χ1n) is 5.54. The van der Waals surface area contributed by atoms with Gasteiger partial charge in [-0.1, -0.05) is 12.1 Å². The number of para-hydroxylation sites is 1. The summed E-state index contributed by atoms with van der Waals surface area (Å²) in [6.45, 7) is 0. The summed E-state index contributed by atoms with van der Waals surface area (Å²) in [6, 6.07) is 4.39. The second-order valence-corrected chi connectivity index (χ2v) is 5.78. The van der Waals surface area contributed by atoms with Crippen molar-refractivity contribution in [1.29, 1.82) is 0 Å². The van der Waals surface area contributed by atoms with Crippen LogP contribution >= 0.6 is 0 Å². The molecule has 102 valence electrons. The molecule has 1 aliphatic heterocycles. The van der Waals surface area contributed by atoms with E-state index in [0.717, 1.165) is 0 Å². The van der Waals surface area contributed by atoms with Gasteiger partial charge in [0.1, 0.15) is 16.7 Å². The standard InChI is InChI=1S/C11H12N2O5S/c14-8-3-1-2-4-9(8)19(17,18)13-7-5-6-10(15)12-11(7)16/h1-4,7,13-14H,5-6H2,(H,12,15,16). The lowest BCUT2D eigenvalue weighted by atomic mass is 10.1. The zero-order valence-electron chi connectivity index (χ0n) is 9.79. The van der Waals surface area contributed by atoms with E-state index in [0.29, 0.717) is 0 Å². The van der Waals surface area contributed by atoms with Crippen LogP contribution in [0.4, 0.5) is 0 Å². The zero-order valence-corrected chi connectivity index (χ0v) is 10.6. The normalized spacial score (nSPS) is 20.1. The molecule has 1 heterocycles. The fourth-order valence-corrected chi connectivity index (χ4v) is 3.07. The van der Waals surface area contributed by atoms with E-state index in [1.807, 2.05) is 0 Å². The van der Waals surface area contributed by atoms with Gasteiger partial charge >= 0.3 is 0 Å². The first-order valence-corrected chi connectivity index (χ1v) is 7.02. The fourth-order valence-electron chi connectivity index (χ4n) is 1.74. The van der Waals surface area contributed by atoms with E-state index in [1.54, 1.807) is 0 Å². The summed E-state index contributed by atoms with van der Waals surface area (Å²) >= 11 is 0. The molecule has 8 heteroatoms. The molecule has 1 unspecified atom stereocenters. The molecule has 7 nitrogen and oxygen atoms in total. The summed E-state index contributed by atoms with van der Waals surface area (Å²) in [5.74, 6) is -1.51. The third-order valence-corrected chi connectivity index (χ3v) is 4.21. The van der Waals surface area contributed by atoms with Gasteiger partial charge in [-0.2, -0.15) is 4.72 Å². The summed E-state index contributed by atoms with van der Waals surface area (Å²) in [7, 11) is -4.01. The SMILES string of the molecule is O=C1CCC(NS(=O)(=O)c2ccccc2O)C(=O)N1. The van der Waals surface area contributed by atoms with Gasteiger partial charge in [-0.25, -0.2) is 8.42 Å². The molecule has 1 aromatic rings. The molecule has 0 aromatic heterocycles. The monoisotopic (exact) mass is 284 g/mol. The predicted octanol–water partition coefficient (Wildman–Crippen LogP) is -0.524. The molecule has 1 atom stereocenters. The van der Waals surface area contributed by atoms with Gasteiger partial charge in [0.25, 0.3) is 0 Å². The van der Waals surface area contributed by atoms with E-state index in [-0.39, 0.29) is 17.7 Å². The number of sulfonamides is 1. The van der Waals surface area contributed by atoms with Gasteiger partial charge in [-0.3, -0.25) is 14.9 Å². The van der Waals surface area contributed by atoms with E-state index in [2.05, 4.69) is 10.0 Å². The first-order chi connectivity index (χ1) is 8.90. The maximum atomic E-state index is 12.0. The van der Waals surface area contributed by atoms with Gasteiger partial charge in [0, 0.05) is 6.42 Å². The van der Waals surface area contributed by atoms with Gasteiger partial charge in [0.15, 0.2) is 0 Å². The van der Waals surface area contributed by atoms with Crippen molar-refractivity contribution >= 4 is 21.8 Å². The highest BCUT2D eigenvalue weighted by Gasteiger charge is 2.31. The van der Waals surface area contributed by atoms with Gasteiger partial charge in [0.05, 0.1) is 0 Å². The Bertz CT molecular complexity index is 626. The largest absolute Gasteiger partial charge is 0.507 e. The average Bonchev–Trinajstić information content (AvgIpc) is 2.33. The van der Waals surface area contributed by atoms with E-state index in [4.69, 9.17) is 0 Å². The number of carbonyl (C=O) groups excluding carboxylic acids is 2.